The summed E-state index contributed by atoms with van der Waals surface area (Å²) in [6.07, 6.45) is 0. The van der Waals surface area contributed by atoms with Crippen molar-refractivity contribution in [2.75, 3.05) is 0 Å². The zero-order valence-electron chi connectivity index (χ0n) is 25.0. The van der Waals surface area contributed by atoms with Crippen LogP contribution in [-0.2, 0) is 0 Å². The highest BCUT2D eigenvalue weighted by atomic mass is 16.1. The van der Waals surface area contributed by atoms with Gasteiger partial charge in [-0.05, 0) is 106 Å². The molecule has 0 N–H and O–H groups in total. The van der Waals surface area contributed by atoms with Crippen LogP contribution in [0.5, 0.6) is 0 Å². The Morgan fingerprint density at radius 3 is 1.18 bits per heavy atom. The summed E-state index contributed by atoms with van der Waals surface area (Å²) in [5.41, 5.74) is 3.36. The summed E-state index contributed by atoms with van der Waals surface area (Å²) < 4.78 is 0. The molecule has 0 atom stereocenters. The summed E-state index contributed by atoms with van der Waals surface area (Å²) in [7, 11) is 0. The average molecular weight is 577 g/mol. The van der Waals surface area contributed by atoms with Crippen molar-refractivity contribution in [2.45, 2.75) is 19.8 Å². The first-order chi connectivity index (χ1) is 22.0. The summed E-state index contributed by atoms with van der Waals surface area (Å²) in [5, 5.41) is 13.4. The molecule has 0 spiro atoms. The van der Waals surface area contributed by atoms with E-state index in [1.807, 2.05) is 36.4 Å². The number of rotatable bonds is 5. The van der Waals surface area contributed by atoms with Crippen molar-refractivity contribution in [2.24, 2.45) is 0 Å². The van der Waals surface area contributed by atoms with Crippen LogP contribution in [0, 0.1) is 0 Å². The Morgan fingerprint density at radius 2 is 0.778 bits per heavy atom. The third-order valence-electron chi connectivity index (χ3n) is 9.69. The van der Waals surface area contributed by atoms with Crippen LogP contribution >= 0.6 is 0 Å². The van der Waals surface area contributed by atoms with Gasteiger partial charge in [0.05, 0.1) is 0 Å². The second-order valence-corrected chi connectivity index (χ2v) is 12.6. The Hall–Kier alpha value is -5.60. The molecule has 0 heterocycles. The van der Waals surface area contributed by atoms with E-state index >= 15 is 0 Å². The fourth-order valence-corrected chi connectivity index (χ4v) is 7.42. The third-order valence-corrected chi connectivity index (χ3v) is 9.69. The maximum absolute atomic E-state index is 14.4. The van der Waals surface area contributed by atoms with Gasteiger partial charge in [0.15, 0.2) is 11.6 Å². The molecule has 0 saturated carbocycles. The summed E-state index contributed by atoms with van der Waals surface area (Å²) in [5.74, 6) is 0.00625. The minimum atomic E-state index is -0.0696. The fourth-order valence-electron chi connectivity index (χ4n) is 7.42. The van der Waals surface area contributed by atoms with Gasteiger partial charge in [-0.1, -0.05) is 111 Å². The number of ketones is 2. The second kappa shape index (κ2) is 9.45. The molecular formula is C43H28O2. The lowest BCUT2D eigenvalue weighted by molar-refractivity contribution is 0.103. The highest BCUT2D eigenvalue weighted by molar-refractivity contribution is 6.30. The Labute approximate surface area is 260 Å². The smallest absolute Gasteiger partial charge is 0.193 e. The van der Waals surface area contributed by atoms with Crippen LogP contribution in [-0.4, -0.2) is 11.6 Å². The molecule has 0 aliphatic rings. The number of carbonyl (C=O) groups excluding carboxylic acids is 2. The van der Waals surface area contributed by atoms with Crippen LogP contribution in [0.1, 0.15) is 57.2 Å². The zero-order valence-corrected chi connectivity index (χ0v) is 25.0. The Kier molecular flexibility index (Phi) is 5.43. The highest BCUT2D eigenvalue weighted by Crippen LogP contribution is 2.38. The van der Waals surface area contributed by atoms with E-state index in [1.165, 1.54) is 10.8 Å². The predicted octanol–water partition coefficient (Wildman–Crippen LogP) is 11.1. The lowest BCUT2D eigenvalue weighted by atomic mass is 9.86. The van der Waals surface area contributed by atoms with Crippen molar-refractivity contribution in [3.8, 4) is 0 Å². The summed E-state index contributed by atoms with van der Waals surface area (Å²) in [6.45, 7) is 4.20. The topological polar surface area (TPSA) is 34.1 Å². The van der Waals surface area contributed by atoms with E-state index in [1.54, 1.807) is 6.07 Å². The van der Waals surface area contributed by atoms with E-state index in [9.17, 15) is 9.59 Å². The Balaban J connectivity index is 1.22. The number of benzene rings is 9. The molecule has 0 fully saturated rings. The van der Waals surface area contributed by atoms with Crippen molar-refractivity contribution in [1.82, 2.24) is 0 Å². The van der Waals surface area contributed by atoms with Crippen molar-refractivity contribution in [3.05, 3.63) is 155 Å². The van der Waals surface area contributed by atoms with Gasteiger partial charge in [0.2, 0.25) is 0 Å². The Bertz CT molecular complexity index is 2450. The van der Waals surface area contributed by atoms with Crippen LogP contribution in [0.15, 0.2) is 127 Å². The first kappa shape index (κ1) is 25.9. The average Bonchev–Trinajstić information content (AvgIpc) is 3.08. The van der Waals surface area contributed by atoms with Gasteiger partial charge in [-0.2, -0.15) is 0 Å². The quantitative estimate of drug-likeness (QED) is 0.151. The van der Waals surface area contributed by atoms with Crippen molar-refractivity contribution >= 4 is 76.2 Å². The van der Waals surface area contributed by atoms with E-state index in [-0.39, 0.29) is 17.5 Å². The molecule has 9 aromatic carbocycles. The van der Waals surface area contributed by atoms with Crippen molar-refractivity contribution in [3.63, 3.8) is 0 Å². The zero-order chi connectivity index (χ0) is 30.4. The standard InChI is InChI=1S/C43H28O2/c1-24(2)31-21-32(42(44)36-19-15-29-11-9-25-5-3-7-27-13-17-34(36)40(29)38(25)27)23-33(22-31)43(45)37-20-16-30-12-10-26-6-4-8-28-14-18-35(37)41(30)39(26)28/h3-24H,1-2H3. The molecule has 0 unspecified atom stereocenters. The third kappa shape index (κ3) is 3.76. The van der Waals surface area contributed by atoms with E-state index in [0.717, 1.165) is 59.4 Å². The summed E-state index contributed by atoms with van der Waals surface area (Å²) in [4.78, 5) is 28.8. The van der Waals surface area contributed by atoms with Gasteiger partial charge in [0.1, 0.15) is 0 Å². The molecule has 0 aromatic heterocycles. The van der Waals surface area contributed by atoms with Crippen molar-refractivity contribution < 1.29 is 9.59 Å². The molecule has 2 heteroatoms. The summed E-state index contributed by atoms with van der Waals surface area (Å²) >= 11 is 0. The van der Waals surface area contributed by atoms with E-state index in [4.69, 9.17) is 0 Å². The molecule has 212 valence electrons. The molecule has 2 nitrogen and oxygen atoms in total. The van der Waals surface area contributed by atoms with Gasteiger partial charge in [-0.25, -0.2) is 0 Å². The minimum Gasteiger partial charge on any atom is -0.289 e. The molecular weight excluding hydrogens is 548 g/mol. The van der Waals surface area contributed by atoms with Gasteiger partial charge in [-0.3, -0.25) is 9.59 Å². The molecule has 0 aliphatic carbocycles. The van der Waals surface area contributed by atoms with Crippen LogP contribution in [0.2, 0.25) is 0 Å². The highest BCUT2D eigenvalue weighted by Gasteiger charge is 2.22. The maximum atomic E-state index is 14.4. The van der Waals surface area contributed by atoms with Crippen LogP contribution in [0.3, 0.4) is 0 Å². The fraction of sp³-hybridized carbons (Fsp3) is 0.0698. The van der Waals surface area contributed by atoms with Gasteiger partial charge in [0, 0.05) is 22.3 Å². The predicted molar refractivity (Wildman–Crippen MR) is 188 cm³/mol. The number of hydrogen-bond acceptors (Lipinski definition) is 2. The van der Waals surface area contributed by atoms with Gasteiger partial charge >= 0.3 is 0 Å². The summed E-state index contributed by atoms with van der Waals surface area (Å²) in [6, 6.07) is 43.2. The molecule has 0 saturated heterocycles. The molecule has 45 heavy (non-hydrogen) atoms. The molecule has 0 aliphatic heterocycles. The normalized spacial score (nSPS) is 12.2. The monoisotopic (exact) mass is 576 g/mol. The largest absolute Gasteiger partial charge is 0.289 e. The maximum Gasteiger partial charge on any atom is 0.193 e. The first-order valence-corrected chi connectivity index (χ1v) is 15.5. The van der Waals surface area contributed by atoms with Crippen LogP contribution in [0.25, 0.3) is 64.6 Å². The lowest BCUT2D eigenvalue weighted by Crippen LogP contribution is -2.09. The second-order valence-electron chi connectivity index (χ2n) is 12.6. The van der Waals surface area contributed by atoms with E-state index in [0.29, 0.717) is 22.3 Å². The number of carbonyl (C=O) groups is 2. The van der Waals surface area contributed by atoms with Gasteiger partial charge in [0.25, 0.3) is 0 Å². The molecule has 0 amide bonds. The van der Waals surface area contributed by atoms with E-state index < -0.39 is 0 Å². The van der Waals surface area contributed by atoms with Crippen LogP contribution in [0.4, 0.5) is 0 Å². The molecule has 9 rings (SSSR count). The van der Waals surface area contributed by atoms with E-state index in [2.05, 4.69) is 98.8 Å². The molecule has 9 aromatic rings. The number of hydrogen-bond donors (Lipinski definition) is 0. The minimum absolute atomic E-state index is 0.0696. The van der Waals surface area contributed by atoms with Gasteiger partial charge < -0.3 is 0 Å². The molecule has 0 radical (unpaired) electrons. The van der Waals surface area contributed by atoms with Crippen molar-refractivity contribution in [1.29, 1.82) is 0 Å². The van der Waals surface area contributed by atoms with Crippen LogP contribution < -0.4 is 0 Å². The van der Waals surface area contributed by atoms with Gasteiger partial charge in [-0.15, -0.1) is 0 Å². The first-order valence-electron chi connectivity index (χ1n) is 15.5. The SMILES string of the molecule is CC(C)c1cc(C(=O)c2ccc3ccc4cccc5ccc2c3c45)cc(C(=O)c2ccc3ccc4cccc5ccc2c3c45)c1. The Morgan fingerprint density at radius 1 is 0.422 bits per heavy atom. The molecule has 0 bridgehead atoms. The lowest BCUT2D eigenvalue weighted by Gasteiger charge is -2.16.